The molecule has 0 aliphatic heterocycles. The summed E-state index contributed by atoms with van der Waals surface area (Å²) in [6, 6.07) is 15.0. The minimum atomic E-state index is -0.472. The van der Waals surface area contributed by atoms with E-state index < -0.39 is 5.54 Å². The van der Waals surface area contributed by atoms with Crippen molar-refractivity contribution in [1.29, 1.82) is 0 Å². The Bertz CT molecular complexity index is 1750. The first-order valence-electron chi connectivity index (χ1n) is 12.6. The lowest BCUT2D eigenvalue weighted by atomic mass is 9.95. The zero-order valence-electron chi connectivity index (χ0n) is 21.7. The van der Waals surface area contributed by atoms with Crippen LogP contribution in [-0.4, -0.2) is 28.9 Å². The molecule has 2 aromatic heterocycles. The van der Waals surface area contributed by atoms with Crippen LogP contribution in [0, 0.1) is 12.7 Å². The number of imidazole rings is 1. The summed E-state index contributed by atoms with van der Waals surface area (Å²) in [6.07, 6.45) is 6.04. The summed E-state index contributed by atoms with van der Waals surface area (Å²) in [5.41, 5.74) is 4.86. The molecular weight excluding hydrogens is 497 g/mol. The molecule has 3 aromatic carbocycles. The highest BCUT2D eigenvalue weighted by Crippen LogP contribution is 2.45. The Morgan fingerprint density at radius 3 is 2.51 bits per heavy atom. The number of aryl methyl sites for hydroxylation is 2. The lowest BCUT2D eigenvalue weighted by Gasteiger charge is -2.18. The van der Waals surface area contributed by atoms with Crippen molar-refractivity contribution in [3.8, 4) is 28.2 Å². The number of hydrogen-bond acceptors (Lipinski definition) is 5. The molecule has 1 aliphatic carbocycles. The van der Waals surface area contributed by atoms with E-state index in [1.165, 1.54) is 12.1 Å². The van der Waals surface area contributed by atoms with Crippen molar-refractivity contribution in [2.24, 2.45) is 7.05 Å². The van der Waals surface area contributed by atoms with Gasteiger partial charge in [0.15, 0.2) is 6.29 Å². The predicted octanol–water partition coefficient (Wildman–Crippen LogP) is 6.19. The van der Waals surface area contributed by atoms with Crippen LogP contribution in [0.2, 0.25) is 0 Å². The normalized spacial score (nSPS) is 13.8. The van der Waals surface area contributed by atoms with Gasteiger partial charge in [-0.05, 0) is 85.0 Å². The molecule has 0 atom stereocenters. The minimum Gasteiger partial charge on any atom is -0.496 e. The smallest absolute Gasteiger partial charge is 0.255 e. The number of ether oxygens (including phenoxy) is 1. The number of hydrogen-bond donors (Lipinski definition) is 1. The Morgan fingerprint density at radius 1 is 1.13 bits per heavy atom. The molecule has 7 nitrogen and oxygen atoms in total. The number of carbonyl (C=O) groups excluding carboxylic acids is 2. The van der Waals surface area contributed by atoms with Gasteiger partial charge < -0.3 is 19.0 Å². The number of fused-ring (bicyclic) bond motifs is 1. The fourth-order valence-corrected chi connectivity index (χ4v) is 5.07. The first kappa shape index (κ1) is 24.6. The number of carbonyl (C=O) groups is 2. The molecule has 196 valence electrons. The highest BCUT2D eigenvalue weighted by Gasteiger charge is 2.48. The van der Waals surface area contributed by atoms with E-state index in [-0.39, 0.29) is 11.7 Å². The number of nitrogens with zero attached hydrogens (tertiary/aromatic N) is 2. The van der Waals surface area contributed by atoms with Gasteiger partial charge in [0.25, 0.3) is 5.91 Å². The molecule has 1 amide bonds. The molecule has 8 heteroatoms. The summed E-state index contributed by atoms with van der Waals surface area (Å²) >= 11 is 0. The Labute approximate surface area is 224 Å². The van der Waals surface area contributed by atoms with Crippen molar-refractivity contribution in [2.45, 2.75) is 25.3 Å². The maximum Gasteiger partial charge on any atom is 0.255 e. The van der Waals surface area contributed by atoms with Crippen LogP contribution in [0.25, 0.3) is 33.4 Å². The van der Waals surface area contributed by atoms with Gasteiger partial charge in [0, 0.05) is 24.2 Å². The number of halogens is 1. The van der Waals surface area contributed by atoms with Gasteiger partial charge in [-0.1, -0.05) is 6.07 Å². The van der Waals surface area contributed by atoms with Crippen LogP contribution in [0.5, 0.6) is 5.75 Å². The lowest BCUT2D eigenvalue weighted by Crippen LogP contribution is -2.35. The van der Waals surface area contributed by atoms with Crippen LogP contribution in [-0.2, 0) is 12.6 Å². The average Bonchev–Trinajstić information content (AvgIpc) is 3.41. The minimum absolute atomic E-state index is 0.243. The quantitative estimate of drug-likeness (QED) is 0.257. The maximum atomic E-state index is 13.5. The van der Waals surface area contributed by atoms with E-state index in [0.717, 1.165) is 41.5 Å². The van der Waals surface area contributed by atoms with Crippen LogP contribution in [0.4, 0.5) is 4.39 Å². The van der Waals surface area contributed by atoms with Crippen LogP contribution in [0.15, 0.2) is 71.5 Å². The van der Waals surface area contributed by atoms with E-state index in [1.54, 1.807) is 31.6 Å². The maximum absolute atomic E-state index is 13.5. The van der Waals surface area contributed by atoms with E-state index in [1.807, 2.05) is 49.0 Å². The number of amides is 1. The van der Waals surface area contributed by atoms with Crippen LogP contribution in [0.1, 0.15) is 44.8 Å². The predicted molar refractivity (Wildman–Crippen MR) is 145 cm³/mol. The standard InChI is InChI=1S/C31H26FN3O4/c1-18-12-27(38-3)24(30(37)34-31(10-11-31)28-15-35(2)17-33-28)14-22(18)20-6-9-26-23(13-20)25(16-36)29(39-26)19-4-7-21(32)8-5-19/h4-9,12-17H,10-11H2,1-3H3,(H,34,37). The number of nitrogens with one attached hydrogen (secondary N) is 1. The van der Waals surface area contributed by atoms with Gasteiger partial charge in [-0.25, -0.2) is 9.37 Å². The zero-order valence-corrected chi connectivity index (χ0v) is 21.7. The summed E-state index contributed by atoms with van der Waals surface area (Å²) in [7, 11) is 3.45. The molecular formula is C31H26FN3O4. The Hall–Kier alpha value is -4.72. The van der Waals surface area contributed by atoms with E-state index in [9.17, 15) is 14.0 Å². The Morgan fingerprint density at radius 2 is 1.87 bits per heavy atom. The second-order valence-electron chi connectivity index (χ2n) is 10.0. The largest absolute Gasteiger partial charge is 0.496 e. The molecule has 2 heterocycles. The van der Waals surface area contributed by atoms with Gasteiger partial charge in [0.2, 0.25) is 0 Å². The molecule has 39 heavy (non-hydrogen) atoms. The zero-order chi connectivity index (χ0) is 27.3. The van der Waals surface area contributed by atoms with Crippen LogP contribution in [0.3, 0.4) is 0 Å². The first-order chi connectivity index (χ1) is 18.8. The van der Waals surface area contributed by atoms with Crippen molar-refractivity contribution < 1.29 is 23.1 Å². The third-order valence-electron chi connectivity index (χ3n) is 7.35. The van der Waals surface area contributed by atoms with Crippen molar-refractivity contribution in [2.75, 3.05) is 7.11 Å². The van der Waals surface area contributed by atoms with Gasteiger partial charge in [0.05, 0.1) is 35.8 Å². The van der Waals surface area contributed by atoms with Gasteiger partial charge in [-0.2, -0.15) is 0 Å². The molecule has 1 N–H and O–H groups in total. The van der Waals surface area contributed by atoms with Gasteiger partial charge in [-0.3, -0.25) is 9.59 Å². The van der Waals surface area contributed by atoms with Gasteiger partial charge >= 0.3 is 0 Å². The molecule has 1 aliphatic rings. The molecule has 0 unspecified atom stereocenters. The second kappa shape index (κ2) is 9.23. The molecule has 5 aromatic rings. The first-order valence-corrected chi connectivity index (χ1v) is 12.6. The van der Waals surface area contributed by atoms with E-state index in [2.05, 4.69) is 10.3 Å². The third-order valence-corrected chi connectivity index (χ3v) is 7.35. The number of methoxy groups -OCH3 is 1. The van der Waals surface area contributed by atoms with Crippen molar-refractivity contribution in [3.63, 3.8) is 0 Å². The number of furan rings is 1. The third kappa shape index (κ3) is 4.27. The molecule has 6 rings (SSSR count). The SMILES string of the molecule is COc1cc(C)c(-c2ccc3oc(-c4ccc(F)cc4)c(C=O)c3c2)cc1C(=O)NC1(c2cn(C)cn2)CC1. The number of aromatic nitrogens is 2. The van der Waals surface area contributed by atoms with Crippen molar-refractivity contribution in [1.82, 2.24) is 14.9 Å². The van der Waals surface area contributed by atoms with E-state index >= 15 is 0 Å². The number of benzene rings is 3. The van der Waals surface area contributed by atoms with E-state index in [0.29, 0.717) is 39.2 Å². The molecule has 1 fully saturated rings. The van der Waals surface area contributed by atoms with Crippen LogP contribution >= 0.6 is 0 Å². The summed E-state index contributed by atoms with van der Waals surface area (Å²) in [5.74, 6) is 0.245. The molecule has 0 saturated heterocycles. The van der Waals surface area contributed by atoms with Crippen molar-refractivity contribution in [3.05, 3.63) is 95.3 Å². The Balaban J connectivity index is 1.40. The number of aldehydes is 1. The van der Waals surface area contributed by atoms with Crippen LogP contribution < -0.4 is 10.1 Å². The second-order valence-corrected chi connectivity index (χ2v) is 10.0. The highest BCUT2D eigenvalue weighted by atomic mass is 19.1. The summed E-state index contributed by atoms with van der Waals surface area (Å²) in [5, 5.41) is 3.81. The van der Waals surface area contributed by atoms with Gasteiger partial charge in [-0.15, -0.1) is 0 Å². The van der Waals surface area contributed by atoms with Crippen molar-refractivity contribution >= 4 is 23.2 Å². The Kier molecular flexibility index (Phi) is 5.83. The number of rotatable bonds is 7. The summed E-state index contributed by atoms with van der Waals surface area (Å²) < 4.78 is 26.9. The monoisotopic (exact) mass is 523 g/mol. The highest BCUT2D eigenvalue weighted by molar-refractivity contribution is 6.04. The fraction of sp³-hybridized carbons (Fsp3) is 0.194. The van der Waals surface area contributed by atoms with Gasteiger partial charge in [0.1, 0.15) is 22.9 Å². The molecule has 0 radical (unpaired) electrons. The summed E-state index contributed by atoms with van der Waals surface area (Å²) in [4.78, 5) is 30.1. The summed E-state index contributed by atoms with van der Waals surface area (Å²) in [6.45, 7) is 1.94. The lowest BCUT2D eigenvalue weighted by molar-refractivity contribution is 0.0926. The fourth-order valence-electron chi connectivity index (χ4n) is 5.07. The molecule has 0 bridgehead atoms. The molecule has 1 saturated carbocycles. The average molecular weight is 524 g/mol. The van der Waals surface area contributed by atoms with E-state index in [4.69, 9.17) is 9.15 Å². The topological polar surface area (TPSA) is 86.4 Å². The molecule has 0 spiro atoms.